The molecule has 160 valence electrons. The molecule has 2 amide bonds. The van der Waals surface area contributed by atoms with Gasteiger partial charge in [0, 0.05) is 19.6 Å². The summed E-state index contributed by atoms with van der Waals surface area (Å²) in [7, 11) is 0. The molecular formula is C21H28F2N2O4. The fourth-order valence-corrected chi connectivity index (χ4v) is 3.85. The second-order valence-electron chi connectivity index (χ2n) is 8.85. The van der Waals surface area contributed by atoms with Crippen molar-refractivity contribution in [1.82, 2.24) is 9.80 Å². The van der Waals surface area contributed by atoms with E-state index in [0.717, 1.165) is 10.5 Å². The van der Waals surface area contributed by atoms with Gasteiger partial charge in [-0.2, -0.15) is 0 Å². The Morgan fingerprint density at radius 3 is 2.21 bits per heavy atom. The first-order valence-corrected chi connectivity index (χ1v) is 9.83. The normalized spacial score (nSPS) is 20.6. The minimum absolute atomic E-state index is 0.0676. The van der Waals surface area contributed by atoms with Crippen molar-refractivity contribution in [1.29, 1.82) is 0 Å². The largest absolute Gasteiger partial charge is 0.445 e. The van der Waals surface area contributed by atoms with E-state index in [1.54, 1.807) is 20.8 Å². The van der Waals surface area contributed by atoms with Gasteiger partial charge in [0.05, 0.1) is 12.0 Å². The highest BCUT2D eigenvalue weighted by atomic mass is 19.3. The van der Waals surface area contributed by atoms with E-state index < -0.39 is 35.7 Å². The van der Waals surface area contributed by atoms with E-state index in [9.17, 15) is 18.4 Å². The summed E-state index contributed by atoms with van der Waals surface area (Å²) < 4.78 is 40.2. The molecule has 2 aliphatic heterocycles. The van der Waals surface area contributed by atoms with E-state index in [-0.39, 0.29) is 39.1 Å². The molecule has 0 aliphatic carbocycles. The zero-order valence-electron chi connectivity index (χ0n) is 17.1. The van der Waals surface area contributed by atoms with Crippen molar-refractivity contribution in [2.75, 3.05) is 26.2 Å². The van der Waals surface area contributed by atoms with Crippen LogP contribution in [0.5, 0.6) is 0 Å². The quantitative estimate of drug-likeness (QED) is 0.730. The molecule has 8 heteroatoms. The van der Waals surface area contributed by atoms with Crippen LogP contribution in [0.3, 0.4) is 0 Å². The summed E-state index contributed by atoms with van der Waals surface area (Å²) in [5.41, 5.74) is -1.21. The summed E-state index contributed by atoms with van der Waals surface area (Å²) in [6.07, 6.45) is -1.01. The molecule has 2 fully saturated rings. The second kappa shape index (κ2) is 7.80. The van der Waals surface area contributed by atoms with Gasteiger partial charge in [0.2, 0.25) is 0 Å². The Labute approximate surface area is 169 Å². The lowest BCUT2D eigenvalue weighted by Gasteiger charge is -2.41. The van der Waals surface area contributed by atoms with E-state index in [2.05, 4.69) is 0 Å². The highest BCUT2D eigenvalue weighted by Gasteiger charge is 2.62. The van der Waals surface area contributed by atoms with Gasteiger partial charge in [0.25, 0.3) is 5.92 Å². The van der Waals surface area contributed by atoms with Crippen LogP contribution >= 0.6 is 0 Å². The topological polar surface area (TPSA) is 59.1 Å². The van der Waals surface area contributed by atoms with E-state index in [0.29, 0.717) is 0 Å². The maximum atomic E-state index is 14.8. The average Bonchev–Trinajstić information content (AvgIpc) is 2.90. The van der Waals surface area contributed by atoms with Gasteiger partial charge >= 0.3 is 12.2 Å². The summed E-state index contributed by atoms with van der Waals surface area (Å²) in [6, 6.07) is 9.28. The van der Waals surface area contributed by atoms with Crippen LogP contribution < -0.4 is 0 Å². The van der Waals surface area contributed by atoms with Crippen LogP contribution in [-0.2, 0) is 16.1 Å². The summed E-state index contributed by atoms with van der Waals surface area (Å²) in [5.74, 6) is -3.02. The van der Waals surface area contributed by atoms with Gasteiger partial charge in [0.15, 0.2) is 0 Å². The number of likely N-dealkylation sites (tertiary alicyclic amines) is 2. The highest BCUT2D eigenvalue weighted by Crippen LogP contribution is 2.50. The number of carbonyl (C=O) groups excluding carboxylic acids is 2. The molecule has 0 radical (unpaired) electrons. The van der Waals surface area contributed by atoms with Crippen LogP contribution in [0.1, 0.15) is 39.2 Å². The molecule has 2 aliphatic rings. The van der Waals surface area contributed by atoms with Crippen LogP contribution in [0.4, 0.5) is 18.4 Å². The van der Waals surface area contributed by atoms with Gasteiger partial charge in [-0.05, 0) is 39.2 Å². The third kappa shape index (κ3) is 4.79. The zero-order valence-corrected chi connectivity index (χ0v) is 17.1. The molecule has 6 nitrogen and oxygen atoms in total. The molecule has 0 saturated carbocycles. The van der Waals surface area contributed by atoms with Crippen molar-refractivity contribution in [3.8, 4) is 0 Å². The third-order valence-corrected chi connectivity index (χ3v) is 5.49. The minimum Gasteiger partial charge on any atom is -0.445 e. The van der Waals surface area contributed by atoms with Gasteiger partial charge < -0.3 is 19.3 Å². The highest BCUT2D eigenvalue weighted by molar-refractivity contribution is 5.69. The third-order valence-electron chi connectivity index (χ3n) is 5.49. The standard InChI is InChI=1S/C21H28F2N2O4/c1-19(2,3)29-18(27)25-14-20(21(22,23)15-25)9-11-24(12-10-20)17(26)28-13-16-7-5-4-6-8-16/h4-8H,9-15H2,1-3H3. The number of amides is 2. The van der Waals surface area contributed by atoms with Crippen molar-refractivity contribution in [3.63, 3.8) is 0 Å². The van der Waals surface area contributed by atoms with Crippen LogP contribution in [0.15, 0.2) is 30.3 Å². The Morgan fingerprint density at radius 2 is 1.62 bits per heavy atom. The molecule has 2 heterocycles. The van der Waals surface area contributed by atoms with Crippen LogP contribution in [0, 0.1) is 5.41 Å². The Morgan fingerprint density at radius 1 is 1.00 bits per heavy atom. The monoisotopic (exact) mass is 410 g/mol. The van der Waals surface area contributed by atoms with Gasteiger partial charge in [-0.15, -0.1) is 0 Å². The number of nitrogens with zero attached hydrogens (tertiary/aromatic N) is 2. The van der Waals surface area contributed by atoms with E-state index >= 15 is 0 Å². The molecule has 0 atom stereocenters. The van der Waals surface area contributed by atoms with Crippen LogP contribution in [-0.4, -0.2) is 59.7 Å². The summed E-state index contributed by atoms with van der Waals surface area (Å²) in [4.78, 5) is 27.1. The Hall–Kier alpha value is -2.38. The number of carbonyl (C=O) groups is 2. The molecular weight excluding hydrogens is 382 g/mol. The van der Waals surface area contributed by atoms with E-state index in [4.69, 9.17) is 9.47 Å². The molecule has 1 aromatic carbocycles. The van der Waals surface area contributed by atoms with Crippen molar-refractivity contribution in [3.05, 3.63) is 35.9 Å². The van der Waals surface area contributed by atoms with Crippen LogP contribution in [0.2, 0.25) is 0 Å². The fraction of sp³-hybridized carbons (Fsp3) is 0.619. The Balaban J connectivity index is 1.56. The average molecular weight is 410 g/mol. The van der Waals surface area contributed by atoms with E-state index in [1.165, 1.54) is 4.90 Å². The molecule has 1 aromatic rings. The van der Waals surface area contributed by atoms with Gasteiger partial charge in [-0.1, -0.05) is 30.3 Å². The number of hydrogen-bond donors (Lipinski definition) is 0. The molecule has 0 aromatic heterocycles. The number of ether oxygens (including phenoxy) is 2. The smallest absolute Gasteiger partial charge is 0.410 e. The van der Waals surface area contributed by atoms with Gasteiger partial charge in [0.1, 0.15) is 12.2 Å². The first-order chi connectivity index (χ1) is 13.5. The summed E-state index contributed by atoms with van der Waals surface area (Å²) >= 11 is 0. The lowest BCUT2D eigenvalue weighted by molar-refractivity contribution is -0.108. The molecule has 0 N–H and O–H groups in total. The molecule has 1 spiro atoms. The zero-order chi connectivity index (χ0) is 21.3. The number of alkyl halides is 2. The van der Waals surface area contributed by atoms with Gasteiger partial charge in [-0.3, -0.25) is 0 Å². The van der Waals surface area contributed by atoms with Gasteiger partial charge in [-0.25, -0.2) is 18.4 Å². The molecule has 0 unspecified atom stereocenters. The SMILES string of the molecule is CC(C)(C)OC(=O)N1CC(F)(F)C2(CCN(C(=O)OCc3ccccc3)CC2)C1. The first-order valence-electron chi connectivity index (χ1n) is 9.83. The Kier molecular flexibility index (Phi) is 5.74. The van der Waals surface area contributed by atoms with Crippen molar-refractivity contribution >= 4 is 12.2 Å². The molecule has 29 heavy (non-hydrogen) atoms. The number of piperidine rings is 1. The summed E-state index contributed by atoms with van der Waals surface area (Å²) in [5, 5.41) is 0. The van der Waals surface area contributed by atoms with Crippen molar-refractivity contribution in [2.24, 2.45) is 5.41 Å². The summed E-state index contributed by atoms with van der Waals surface area (Å²) in [6.45, 7) is 4.88. The molecule has 2 saturated heterocycles. The minimum atomic E-state index is -3.02. The molecule has 3 rings (SSSR count). The predicted octanol–water partition coefficient (Wildman–Crippen LogP) is 4.29. The van der Waals surface area contributed by atoms with Crippen molar-refractivity contribution in [2.45, 2.75) is 51.7 Å². The van der Waals surface area contributed by atoms with Crippen molar-refractivity contribution < 1.29 is 27.8 Å². The number of benzene rings is 1. The lowest BCUT2D eigenvalue weighted by atomic mass is 9.75. The molecule has 0 bridgehead atoms. The maximum Gasteiger partial charge on any atom is 0.410 e. The van der Waals surface area contributed by atoms with E-state index in [1.807, 2.05) is 30.3 Å². The second-order valence-corrected chi connectivity index (χ2v) is 8.85. The fourth-order valence-electron chi connectivity index (χ4n) is 3.85. The number of halogens is 2. The predicted molar refractivity (Wildman–Crippen MR) is 103 cm³/mol. The number of hydrogen-bond acceptors (Lipinski definition) is 4. The van der Waals surface area contributed by atoms with Crippen LogP contribution in [0.25, 0.3) is 0 Å². The first kappa shape index (κ1) is 21.3. The number of rotatable bonds is 2. The maximum absolute atomic E-state index is 14.8. The lowest BCUT2D eigenvalue weighted by Crippen LogP contribution is -2.50. The Bertz CT molecular complexity index is 741.